The lowest BCUT2D eigenvalue weighted by Crippen LogP contribution is -2.37. The van der Waals surface area contributed by atoms with Crippen molar-refractivity contribution in [3.05, 3.63) is 24.3 Å². The predicted octanol–water partition coefficient (Wildman–Crippen LogP) is 2.99. The van der Waals surface area contributed by atoms with Crippen LogP contribution < -0.4 is 15.4 Å². The Morgan fingerprint density at radius 2 is 2.09 bits per heavy atom. The van der Waals surface area contributed by atoms with Gasteiger partial charge < -0.3 is 15.4 Å². The van der Waals surface area contributed by atoms with Gasteiger partial charge in [0, 0.05) is 6.54 Å². The molecule has 2 rings (SSSR count). The van der Waals surface area contributed by atoms with Crippen LogP contribution in [0.4, 0.5) is 18.9 Å². The van der Waals surface area contributed by atoms with Gasteiger partial charge in [-0.25, -0.2) is 0 Å². The molecule has 0 aliphatic carbocycles. The zero-order chi connectivity index (χ0) is 15.3. The number of piperidine rings is 1. The summed E-state index contributed by atoms with van der Waals surface area (Å²) in [6.07, 6.45) is -2.74. The third-order valence-corrected chi connectivity index (χ3v) is 3.20. The number of amides is 1. The van der Waals surface area contributed by atoms with Crippen molar-refractivity contribution in [2.45, 2.75) is 19.0 Å². The third kappa shape index (κ3) is 5.73. The number of ether oxygens (including phenoxy) is 1. The predicted molar refractivity (Wildman–Crippen MR) is 79.5 cm³/mol. The molecule has 124 valence electrons. The highest BCUT2D eigenvalue weighted by molar-refractivity contribution is 5.94. The summed E-state index contributed by atoms with van der Waals surface area (Å²) in [7, 11) is 0. The number of nitrogens with one attached hydrogen (secondary N) is 2. The smallest absolute Gasteiger partial charge is 0.422 e. The molecule has 8 heteroatoms. The molecule has 1 fully saturated rings. The summed E-state index contributed by atoms with van der Waals surface area (Å²) in [5, 5.41) is 5.77. The van der Waals surface area contributed by atoms with E-state index in [4.69, 9.17) is 4.74 Å². The van der Waals surface area contributed by atoms with Gasteiger partial charge in [0.1, 0.15) is 5.75 Å². The lowest BCUT2D eigenvalue weighted by Gasteiger charge is -2.22. The molecule has 1 heterocycles. The molecule has 0 saturated carbocycles. The molecule has 1 saturated heterocycles. The average molecular weight is 339 g/mol. The summed E-state index contributed by atoms with van der Waals surface area (Å²) in [5.41, 5.74) is 0.261. The maximum Gasteiger partial charge on any atom is 0.422 e. The number of rotatable bonds is 4. The Morgan fingerprint density at radius 1 is 1.36 bits per heavy atom. The van der Waals surface area contributed by atoms with Gasteiger partial charge in [-0.15, -0.1) is 12.4 Å². The molecule has 1 aliphatic rings. The minimum Gasteiger partial charge on any atom is -0.482 e. The van der Waals surface area contributed by atoms with Crippen LogP contribution in [-0.4, -0.2) is 31.8 Å². The van der Waals surface area contributed by atoms with Crippen LogP contribution in [0.15, 0.2) is 24.3 Å². The Bertz CT molecular complexity index is 491. The lowest BCUT2D eigenvalue weighted by atomic mass is 9.99. The molecule has 1 aromatic carbocycles. The van der Waals surface area contributed by atoms with Crippen LogP contribution in [0.25, 0.3) is 0 Å². The number of carbonyl (C=O) groups is 1. The topological polar surface area (TPSA) is 50.4 Å². The summed E-state index contributed by atoms with van der Waals surface area (Å²) in [4.78, 5) is 12.1. The Kier molecular flexibility index (Phi) is 6.96. The molecule has 1 atom stereocenters. The van der Waals surface area contributed by atoms with Gasteiger partial charge >= 0.3 is 6.18 Å². The maximum absolute atomic E-state index is 12.2. The number of carbonyl (C=O) groups excluding carboxylic acids is 1. The second-order valence-electron chi connectivity index (χ2n) is 4.93. The molecule has 2 N–H and O–H groups in total. The van der Waals surface area contributed by atoms with E-state index in [-0.39, 0.29) is 35.7 Å². The van der Waals surface area contributed by atoms with Crippen molar-refractivity contribution < 1.29 is 22.7 Å². The molecular weight excluding hydrogens is 321 g/mol. The number of hydrogen-bond donors (Lipinski definition) is 2. The van der Waals surface area contributed by atoms with E-state index >= 15 is 0 Å². The van der Waals surface area contributed by atoms with Gasteiger partial charge in [0.05, 0.1) is 11.6 Å². The van der Waals surface area contributed by atoms with Crippen LogP contribution >= 0.6 is 12.4 Å². The molecule has 4 nitrogen and oxygen atoms in total. The second kappa shape index (κ2) is 8.24. The van der Waals surface area contributed by atoms with Crippen LogP contribution in [-0.2, 0) is 4.79 Å². The zero-order valence-corrected chi connectivity index (χ0v) is 12.6. The Balaban J connectivity index is 0.00000242. The van der Waals surface area contributed by atoms with Crippen molar-refractivity contribution in [3.63, 3.8) is 0 Å². The van der Waals surface area contributed by atoms with Gasteiger partial charge in [-0.3, -0.25) is 4.79 Å². The number of hydrogen-bond acceptors (Lipinski definition) is 3. The van der Waals surface area contributed by atoms with Crippen LogP contribution in [0.5, 0.6) is 5.75 Å². The van der Waals surface area contributed by atoms with Gasteiger partial charge in [-0.05, 0) is 31.5 Å². The van der Waals surface area contributed by atoms with Crippen molar-refractivity contribution in [3.8, 4) is 5.75 Å². The van der Waals surface area contributed by atoms with E-state index in [2.05, 4.69) is 10.6 Å². The number of alkyl halides is 3. The number of benzene rings is 1. The minimum atomic E-state index is -4.41. The van der Waals surface area contributed by atoms with Gasteiger partial charge in [0.25, 0.3) is 0 Å². The van der Waals surface area contributed by atoms with E-state index in [1.54, 1.807) is 12.1 Å². The van der Waals surface area contributed by atoms with Crippen LogP contribution in [0.3, 0.4) is 0 Å². The quantitative estimate of drug-likeness (QED) is 0.887. The lowest BCUT2D eigenvalue weighted by molar-refractivity contribution is -0.153. The molecule has 0 bridgehead atoms. The first-order valence-corrected chi connectivity index (χ1v) is 6.76. The van der Waals surface area contributed by atoms with Crippen molar-refractivity contribution in [2.24, 2.45) is 5.92 Å². The Morgan fingerprint density at radius 3 is 2.73 bits per heavy atom. The van der Waals surface area contributed by atoms with Crippen LogP contribution in [0.2, 0.25) is 0 Å². The highest BCUT2D eigenvalue weighted by Gasteiger charge is 2.29. The summed E-state index contributed by atoms with van der Waals surface area (Å²) >= 11 is 0. The first kappa shape index (κ1) is 18.6. The molecular formula is C14H18ClF3N2O2. The Labute approximate surface area is 132 Å². The standard InChI is InChI=1S/C14H17F3N2O2.ClH/c15-14(16,17)9-21-12-6-2-1-5-11(12)19-13(20)10-4-3-7-18-8-10;/h1-2,5-6,10,18H,3-4,7-9H2,(H,19,20);1H/t10-;/m1./s1. The van der Waals surface area contributed by atoms with Crippen LogP contribution in [0.1, 0.15) is 12.8 Å². The molecule has 0 unspecified atom stereocenters. The van der Waals surface area contributed by atoms with Crippen molar-refractivity contribution >= 4 is 24.0 Å². The molecule has 1 aromatic rings. The molecule has 0 spiro atoms. The summed E-state index contributed by atoms with van der Waals surface area (Å²) in [6, 6.07) is 6.12. The highest BCUT2D eigenvalue weighted by atomic mass is 35.5. The monoisotopic (exact) mass is 338 g/mol. The van der Waals surface area contributed by atoms with E-state index in [9.17, 15) is 18.0 Å². The second-order valence-corrected chi connectivity index (χ2v) is 4.93. The average Bonchev–Trinajstić information content (AvgIpc) is 2.46. The van der Waals surface area contributed by atoms with Crippen LogP contribution in [0, 0.1) is 5.92 Å². The molecule has 0 aromatic heterocycles. The fraction of sp³-hybridized carbons (Fsp3) is 0.500. The van der Waals surface area contributed by atoms with Gasteiger partial charge in [0.2, 0.25) is 5.91 Å². The first-order valence-electron chi connectivity index (χ1n) is 6.76. The Hall–Kier alpha value is -1.47. The minimum absolute atomic E-state index is 0. The van der Waals surface area contributed by atoms with Gasteiger partial charge in [-0.1, -0.05) is 12.1 Å². The molecule has 0 radical (unpaired) electrons. The van der Waals surface area contributed by atoms with Crippen molar-refractivity contribution in [1.82, 2.24) is 5.32 Å². The fourth-order valence-electron chi connectivity index (χ4n) is 2.17. The van der Waals surface area contributed by atoms with Gasteiger partial charge in [-0.2, -0.15) is 13.2 Å². The first-order chi connectivity index (χ1) is 9.96. The third-order valence-electron chi connectivity index (χ3n) is 3.20. The van der Waals surface area contributed by atoms with Crippen molar-refractivity contribution in [2.75, 3.05) is 25.0 Å². The number of para-hydroxylation sites is 2. The van der Waals surface area contributed by atoms with E-state index < -0.39 is 12.8 Å². The fourth-order valence-corrected chi connectivity index (χ4v) is 2.17. The summed E-state index contributed by atoms with van der Waals surface area (Å²) in [5.74, 6) is -0.355. The molecule has 1 aliphatic heterocycles. The molecule has 1 amide bonds. The van der Waals surface area contributed by atoms with E-state index in [0.717, 1.165) is 19.4 Å². The zero-order valence-electron chi connectivity index (χ0n) is 11.8. The molecule has 22 heavy (non-hydrogen) atoms. The summed E-state index contributed by atoms with van der Waals surface area (Å²) < 4.78 is 41.4. The van der Waals surface area contributed by atoms with Gasteiger partial charge in [0.15, 0.2) is 6.61 Å². The van der Waals surface area contributed by atoms with E-state index in [0.29, 0.717) is 6.54 Å². The van der Waals surface area contributed by atoms with Crippen molar-refractivity contribution in [1.29, 1.82) is 0 Å². The van der Waals surface area contributed by atoms with E-state index in [1.165, 1.54) is 12.1 Å². The summed E-state index contributed by atoms with van der Waals surface area (Å²) in [6.45, 7) is 0.0807. The van der Waals surface area contributed by atoms with E-state index in [1.807, 2.05) is 0 Å². The largest absolute Gasteiger partial charge is 0.482 e. The number of anilines is 1. The maximum atomic E-state index is 12.2. The highest BCUT2D eigenvalue weighted by Crippen LogP contribution is 2.27. The SMILES string of the molecule is Cl.O=C(Nc1ccccc1OCC(F)(F)F)[C@@H]1CCCNC1. The normalized spacial score (nSPS) is 18.2. The number of halogens is 4.